The molecule has 0 spiro atoms. The summed E-state index contributed by atoms with van der Waals surface area (Å²) in [7, 11) is 0. The molecule has 0 saturated heterocycles. The lowest BCUT2D eigenvalue weighted by Crippen LogP contribution is -2.35. The summed E-state index contributed by atoms with van der Waals surface area (Å²) in [6.07, 6.45) is 1.50. The summed E-state index contributed by atoms with van der Waals surface area (Å²) in [6.45, 7) is 5.36. The fourth-order valence-corrected chi connectivity index (χ4v) is 1.21. The van der Waals surface area contributed by atoms with Gasteiger partial charge in [0.05, 0.1) is 18.5 Å². The van der Waals surface area contributed by atoms with E-state index in [1.165, 1.54) is 6.26 Å². The van der Waals surface area contributed by atoms with Crippen LogP contribution >= 0.6 is 0 Å². The largest absolute Gasteiger partial charge is 0.467 e. The summed E-state index contributed by atoms with van der Waals surface area (Å²) in [5, 5.41) is 11.8. The molecule has 0 radical (unpaired) electrons. The molecular formula is C12H19NO4. The maximum Gasteiger partial charge on any atom is 0.246 e. The minimum atomic E-state index is -0.527. The Morgan fingerprint density at radius 1 is 1.59 bits per heavy atom. The van der Waals surface area contributed by atoms with Gasteiger partial charge in [0.2, 0.25) is 5.91 Å². The zero-order valence-electron chi connectivity index (χ0n) is 10.4. The maximum atomic E-state index is 11.6. The van der Waals surface area contributed by atoms with Gasteiger partial charge in [-0.25, -0.2) is 0 Å². The number of hydrogen-bond donors (Lipinski definition) is 2. The van der Waals surface area contributed by atoms with Gasteiger partial charge >= 0.3 is 0 Å². The molecule has 1 amide bonds. The van der Waals surface area contributed by atoms with Crippen molar-refractivity contribution in [3.05, 3.63) is 24.2 Å². The molecule has 1 aromatic heterocycles. The van der Waals surface area contributed by atoms with Crippen LogP contribution in [0.25, 0.3) is 0 Å². The predicted octanol–water partition coefficient (Wildman–Crippen LogP) is 1.24. The number of nitrogens with one attached hydrogen (secondary N) is 1. The van der Waals surface area contributed by atoms with Gasteiger partial charge in [-0.2, -0.15) is 0 Å². The molecule has 1 aromatic rings. The van der Waals surface area contributed by atoms with Crippen molar-refractivity contribution in [3.63, 3.8) is 0 Å². The fraction of sp³-hybridized carbons (Fsp3) is 0.583. The van der Waals surface area contributed by atoms with Crippen LogP contribution in [-0.2, 0) is 9.53 Å². The maximum absolute atomic E-state index is 11.6. The minimum absolute atomic E-state index is 0.0410. The highest BCUT2D eigenvalue weighted by Gasteiger charge is 2.18. The molecule has 0 saturated carbocycles. The van der Waals surface area contributed by atoms with Crippen molar-refractivity contribution in [1.82, 2.24) is 5.32 Å². The second-order valence-corrected chi connectivity index (χ2v) is 4.72. The monoisotopic (exact) mass is 241 g/mol. The lowest BCUT2D eigenvalue weighted by molar-refractivity contribution is -0.131. The van der Waals surface area contributed by atoms with Gasteiger partial charge in [0.15, 0.2) is 0 Å². The summed E-state index contributed by atoms with van der Waals surface area (Å²) in [5.74, 6) is 0.243. The van der Waals surface area contributed by atoms with Crippen LogP contribution in [0.5, 0.6) is 0 Å². The number of aliphatic hydroxyl groups is 1. The Kier molecular flexibility index (Phi) is 4.72. The Hall–Kier alpha value is -1.33. The number of amides is 1. The van der Waals surface area contributed by atoms with Crippen LogP contribution in [0.3, 0.4) is 0 Å². The second-order valence-electron chi connectivity index (χ2n) is 4.72. The average molecular weight is 241 g/mol. The molecule has 0 aliphatic heterocycles. The Bertz CT molecular complexity index is 340. The van der Waals surface area contributed by atoms with Gasteiger partial charge < -0.3 is 19.6 Å². The first-order chi connectivity index (χ1) is 7.92. The molecule has 96 valence electrons. The Labute approximate surface area is 101 Å². The molecule has 0 bridgehead atoms. The third-order valence-corrected chi connectivity index (χ3v) is 2.04. The van der Waals surface area contributed by atoms with Crippen molar-refractivity contribution in [1.29, 1.82) is 0 Å². The standard InChI is InChI=1S/C12H19NO4/c1-12(2,3)17-8-11(15)13-9(7-14)10-5-4-6-16-10/h4-6,9,14H,7-8H2,1-3H3,(H,13,15). The van der Waals surface area contributed by atoms with Gasteiger partial charge in [-0.05, 0) is 32.9 Å². The number of aliphatic hydroxyl groups excluding tert-OH is 1. The lowest BCUT2D eigenvalue weighted by atomic mass is 10.2. The number of furan rings is 1. The highest BCUT2D eigenvalue weighted by Crippen LogP contribution is 2.12. The summed E-state index contributed by atoms with van der Waals surface area (Å²) < 4.78 is 10.4. The topological polar surface area (TPSA) is 71.7 Å². The minimum Gasteiger partial charge on any atom is -0.467 e. The van der Waals surface area contributed by atoms with Gasteiger partial charge in [0.1, 0.15) is 18.4 Å². The van der Waals surface area contributed by atoms with E-state index in [4.69, 9.17) is 14.3 Å². The van der Waals surface area contributed by atoms with Crippen molar-refractivity contribution in [3.8, 4) is 0 Å². The van der Waals surface area contributed by atoms with Crippen LogP contribution in [0.15, 0.2) is 22.8 Å². The molecule has 0 aliphatic carbocycles. The van der Waals surface area contributed by atoms with Crippen molar-refractivity contribution >= 4 is 5.91 Å². The van der Waals surface area contributed by atoms with Gasteiger partial charge in [0.25, 0.3) is 0 Å². The van der Waals surface area contributed by atoms with Crippen molar-refractivity contribution < 1.29 is 19.1 Å². The highest BCUT2D eigenvalue weighted by atomic mass is 16.5. The van der Waals surface area contributed by atoms with Crippen LogP contribution in [0.4, 0.5) is 0 Å². The van der Waals surface area contributed by atoms with E-state index < -0.39 is 6.04 Å². The van der Waals surface area contributed by atoms with Gasteiger partial charge in [-0.1, -0.05) is 0 Å². The number of carbonyl (C=O) groups excluding carboxylic acids is 1. The molecule has 17 heavy (non-hydrogen) atoms. The molecule has 1 atom stereocenters. The molecule has 0 aromatic carbocycles. The van der Waals surface area contributed by atoms with Crippen LogP contribution < -0.4 is 5.32 Å². The van der Waals surface area contributed by atoms with E-state index in [0.717, 1.165) is 0 Å². The quantitative estimate of drug-likeness (QED) is 0.813. The molecule has 1 unspecified atom stereocenters. The van der Waals surface area contributed by atoms with E-state index in [9.17, 15) is 4.79 Å². The smallest absolute Gasteiger partial charge is 0.246 e. The molecule has 0 aliphatic rings. The third-order valence-electron chi connectivity index (χ3n) is 2.04. The van der Waals surface area contributed by atoms with E-state index >= 15 is 0 Å². The number of rotatable bonds is 5. The number of ether oxygens (including phenoxy) is 1. The highest BCUT2D eigenvalue weighted by molar-refractivity contribution is 5.77. The molecule has 1 heterocycles. The van der Waals surface area contributed by atoms with E-state index in [1.54, 1.807) is 12.1 Å². The van der Waals surface area contributed by atoms with Crippen LogP contribution in [-0.4, -0.2) is 29.8 Å². The van der Waals surface area contributed by atoms with Gasteiger partial charge in [-0.3, -0.25) is 4.79 Å². The van der Waals surface area contributed by atoms with E-state index in [1.807, 2.05) is 20.8 Å². The first-order valence-electron chi connectivity index (χ1n) is 5.50. The first kappa shape index (κ1) is 13.7. The van der Waals surface area contributed by atoms with Crippen LogP contribution in [0.2, 0.25) is 0 Å². The number of hydrogen-bond acceptors (Lipinski definition) is 4. The van der Waals surface area contributed by atoms with Crippen molar-refractivity contribution in [2.24, 2.45) is 0 Å². The zero-order chi connectivity index (χ0) is 12.9. The van der Waals surface area contributed by atoms with Gasteiger partial charge in [0, 0.05) is 0 Å². The SMILES string of the molecule is CC(C)(C)OCC(=O)NC(CO)c1ccco1. The van der Waals surface area contributed by atoms with Gasteiger partial charge in [-0.15, -0.1) is 0 Å². The normalized spacial score (nSPS) is 13.4. The fourth-order valence-electron chi connectivity index (χ4n) is 1.21. The van der Waals surface area contributed by atoms with Crippen LogP contribution in [0, 0.1) is 0 Å². The summed E-state index contributed by atoms with van der Waals surface area (Å²) in [4.78, 5) is 11.6. The lowest BCUT2D eigenvalue weighted by Gasteiger charge is -2.20. The molecule has 0 fully saturated rings. The Morgan fingerprint density at radius 3 is 2.76 bits per heavy atom. The first-order valence-corrected chi connectivity index (χ1v) is 5.50. The molecule has 5 heteroatoms. The summed E-state index contributed by atoms with van der Waals surface area (Å²) in [6, 6.07) is 2.88. The van der Waals surface area contributed by atoms with Crippen molar-refractivity contribution in [2.45, 2.75) is 32.4 Å². The van der Waals surface area contributed by atoms with E-state index in [2.05, 4.69) is 5.32 Å². The predicted molar refractivity (Wildman–Crippen MR) is 62.4 cm³/mol. The van der Waals surface area contributed by atoms with Crippen molar-refractivity contribution in [2.75, 3.05) is 13.2 Å². The molecule has 2 N–H and O–H groups in total. The zero-order valence-corrected chi connectivity index (χ0v) is 10.4. The molecule has 5 nitrogen and oxygen atoms in total. The Balaban J connectivity index is 2.44. The average Bonchev–Trinajstić information content (AvgIpc) is 2.75. The molecular weight excluding hydrogens is 222 g/mol. The van der Waals surface area contributed by atoms with E-state index in [0.29, 0.717) is 5.76 Å². The van der Waals surface area contributed by atoms with E-state index in [-0.39, 0.29) is 24.7 Å². The Morgan fingerprint density at radius 2 is 2.29 bits per heavy atom. The number of carbonyl (C=O) groups is 1. The second kappa shape index (κ2) is 5.84. The third kappa shape index (κ3) is 5.01. The van der Waals surface area contributed by atoms with Crippen LogP contribution in [0.1, 0.15) is 32.6 Å². The summed E-state index contributed by atoms with van der Waals surface area (Å²) >= 11 is 0. The summed E-state index contributed by atoms with van der Waals surface area (Å²) in [5.41, 5.74) is -0.364. The molecule has 1 rings (SSSR count).